The SMILES string of the molecule is O=C(CNC(=O)CNC(=O)c1ccccc1)NCc1ccccc1. The van der Waals surface area contributed by atoms with Crippen LogP contribution in [0.4, 0.5) is 0 Å². The van der Waals surface area contributed by atoms with Gasteiger partial charge in [0.15, 0.2) is 0 Å². The highest BCUT2D eigenvalue weighted by atomic mass is 16.2. The van der Waals surface area contributed by atoms with E-state index in [4.69, 9.17) is 0 Å². The molecule has 0 bridgehead atoms. The van der Waals surface area contributed by atoms with Crippen LogP contribution in [-0.4, -0.2) is 30.8 Å². The minimum atomic E-state index is -0.422. The van der Waals surface area contributed by atoms with Gasteiger partial charge in [-0.15, -0.1) is 0 Å². The van der Waals surface area contributed by atoms with Gasteiger partial charge in [-0.05, 0) is 17.7 Å². The Morgan fingerprint density at radius 3 is 1.88 bits per heavy atom. The van der Waals surface area contributed by atoms with Gasteiger partial charge in [-0.25, -0.2) is 0 Å². The second kappa shape index (κ2) is 9.09. The zero-order chi connectivity index (χ0) is 17.2. The first-order valence-corrected chi connectivity index (χ1v) is 7.56. The van der Waals surface area contributed by atoms with Gasteiger partial charge in [0.1, 0.15) is 0 Å². The van der Waals surface area contributed by atoms with Crippen LogP contribution in [0.1, 0.15) is 15.9 Å². The number of carbonyl (C=O) groups is 3. The quantitative estimate of drug-likeness (QED) is 0.705. The van der Waals surface area contributed by atoms with Crippen molar-refractivity contribution in [2.45, 2.75) is 6.54 Å². The minimum Gasteiger partial charge on any atom is -0.350 e. The largest absolute Gasteiger partial charge is 0.350 e. The average Bonchev–Trinajstić information content (AvgIpc) is 2.64. The molecule has 24 heavy (non-hydrogen) atoms. The Kier molecular flexibility index (Phi) is 6.52. The lowest BCUT2D eigenvalue weighted by molar-refractivity contribution is -0.125. The molecule has 2 aromatic rings. The summed E-state index contributed by atoms with van der Waals surface area (Å²) in [4.78, 5) is 35.1. The maximum absolute atomic E-state index is 11.8. The highest BCUT2D eigenvalue weighted by molar-refractivity contribution is 5.96. The highest BCUT2D eigenvalue weighted by Crippen LogP contribution is 1.97. The first-order valence-electron chi connectivity index (χ1n) is 7.56. The molecule has 0 aromatic heterocycles. The first kappa shape index (κ1) is 17.2. The zero-order valence-electron chi connectivity index (χ0n) is 13.1. The van der Waals surface area contributed by atoms with Crippen molar-refractivity contribution in [1.82, 2.24) is 16.0 Å². The third kappa shape index (κ3) is 5.92. The van der Waals surface area contributed by atoms with Crippen LogP contribution < -0.4 is 16.0 Å². The van der Waals surface area contributed by atoms with Crippen molar-refractivity contribution in [2.75, 3.05) is 13.1 Å². The molecule has 124 valence electrons. The number of hydrogen-bond acceptors (Lipinski definition) is 3. The zero-order valence-corrected chi connectivity index (χ0v) is 13.1. The van der Waals surface area contributed by atoms with Gasteiger partial charge in [-0.1, -0.05) is 48.5 Å². The Morgan fingerprint density at radius 1 is 0.667 bits per heavy atom. The standard InChI is InChI=1S/C18H19N3O3/c22-16(19-11-14-7-3-1-4-8-14)12-20-17(23)13-21-18(24)15-9-5-2-6-10-15/h1-10H,11-13H2,(H,19,22)(H,20,23)(H,21,24). The van der Waals surface area contributed by atoms with Gasteiger partial charge in [0.25, 0.3) is 5.91 Å². The Bertz CT molecular complexity index is 687. The maximum Gasteiger partial charge on any atom is 0.251 e. The van der Waals surface area contributed by atoms with Crippen molar-refractivity contribution in [1.29, 1.82) is 0 Å². The molecule has 0 spiro atoms. The van der Waals surface area contributed by atoms with E-state index in [2.05, 4.69) is 16.0 Å². The van der Waals surface area contributed by atoms with Gasteiger partial charge in [0.2, 0.25) is 11.8 Å². The lowest BCUT2D eigenvalue weighted by Crippen LogP contribution is -2.41. The predicted octanol–water partition coefficient (Wildman–Crippen LogP) is 0.849. The summed E-state index contributed by atoms with van der Waals surface area (Å²) in [6, 6.07) is 18.1. The van der Waals surface area contributed by atoms with Crippen LogP contribution in [0.5, 0.6) is 0 Å². The third-order valence-electron chi connectivity index (χ3n) is 3.22. The van der Waals surface area contributed by atoms with Crippen LogP contribution in [0.25, 0.3) is 0 Å². The fourth-order valence-electron chi connectivity index (χ4n) is 1.95. The van der Waals surface area contributed by atoms with Gasteiger partial charge in [0.05, 0.1) is 13.1 Å². The Hall–Kier alpha value is -3.15. The number of carbonyl (C=O) groups excluding carboxylic acids is 3. The number of nitrogens with one attached hydrogen (secondary N) is 3. The van der Waals surface area contributed by atoms with E-state index in [1.165, 1.54) is 0 Å². The fraction of sp³-hybridized carbons (Fsp3) is 0.167. The van der Waals surface area contributed by atoms with Crippen LogP contribution in [0.3, 0.4) is 0 Å². The molecule has 0 atom stereocenters. The second-order valence-corrected chi connectivity index (χ2v) is 5.09. The number of benzene rings is 2. The van der Waals surface area contributed by atoms with E-state index in [9.17, 15) is 14.4 Å². The van der Waals surface area contributed by atoms with E-state index >= 15 is 0 Å². The molecule has 6 heteroatoms. The number of hydrogen-bond donors (Lipinski definition) is 3. The van der Waals surface area contributed by atoms with Crippen LogP contribution in [0.15, 0.2) is 60.7 Å². The molecule has 3 N–H and O–H groups in total. The van der Waals surface area contributed by atoms with Gasteiger partial charge in [-0.3, -0.25) is 14.4 Å². The molecule has 0 heterocycles. The van der Waals surface area contributed by atoms with Gasteiger partial charge >= 0.3 is 0 Å². The van der Waals surface area contributed by atoms with Crippen molar-refractivity contribution in [3.63, 3.8) is 0 Å². The summed E-state index contributed by atoms with van der Waals surface area (Å²) in [5, 5.41) is 7.66. The molecular formula is C18H19N3O3. The normalized spacial score (nSPS) is 9.83. The molecule has 6 nitrogen and oxygen atoms in total. The van der Waals surface area contributed by atoms with E-state index < -0.39 is 5.91 Å². The van der Waals surface area contributed by atoms with Crippen molar-refractivity contribution < 1.29 is 14.4 Å². The summed E-state index contributed by atoms with van der Waals surface area (Å²) in [5.74, 6) is -1.05. The van der Waals surface area contributed by atoms with E-state index in [0.29, 0.717) is 12.1 Å². The monoisotopic (exact) mass is 325 g/mol. The lowest BCUT2D eigenvalue weighted by atomic mass is 10.2. The molecule has 0 saturated carbocycles. The molecule has 0 aliphatic carbocycles. The van der Waals surface area contributed by atoms with Crippen LogP contribution >= 0.6 is 0 Å². The van der Waals surface area contributed by atoms with E-state index in [-0.39, 0.29) is 24.9 Å². The molecule has 0 aliphatic heterocycles. The average molecular weight is 325 g/mol. The summed E-state index contributed by atoms with van der Waals surface area (Å²) in [6.07, 6.45) is 0. The fourth-order valence-corrected chi connectivity index (χ4v) is 1.95. The van der Waals surface area contributed by atoms with E-state index in [1.54, 1.807) is 30.3 Å². The topological polar surface area (TPSA) is 87.3 Å². The van der Waals surface area contributed by atoms with Crippen LogP contribution in [-0.2, 0) is 16.1 Å². The highest BCUT2D eigenvalue weighted by Gasteiger charge is 2.08. The Labute approximate surface area is 140 Å². The minimum absolute atomic E-state index is 0.132. The van der Waals surface area contributed by atoms with E-state index in [0.717, 1.165) is 5.56 Å². The number of amides is 3. The lowest BCUT2D eigenvalue weighted by Gasteiger charge is -2.08. The molecule has 0 radical (unpaired) electrons. The molecular weight excluding hydrogens is 306 g/mol. The third-order valence-corrected chi connectivity index (χ3v) is 3.22. The van der Waals surface area contributed by atoms with Crippen molar-refractivity contribution in [3.8, 4) is 0 Å². The predicted molar refractivity (Wildman–Crippen MR) is 90.1 cm³/mol. The number of rotatable bonds is 7. The van der Waals surface area contributed by atoms with Crippen molar-refractivity contribution >= 4 is 17.7 Å². The first-order chi connectivity index (χ1) is 11.6. The second-order valence-electron chi connectivity index (χ2n) is 5.09. The molecule has 2 aromatic carbocycles. The Balaban J connectivity index is 1.64. The summed E-state index contributed by atoms with van der Waals surface area (Å²) in [7, 11) is 0. The van der Waals surface area contributed by atoms with Gasteiger partial charge in [0, 0.05) is 12.1 Å². The van der Waals surface area contributed by atoms with Crippen molar-refractivity contribution in [3.05, 3.63) is 71.8 Å². The Morgan fingerprint density at radius 2 is 1.21 bits per heavy atom. The summed E-state index contributed by atoms with van der Waals surface area (Å²) in [5.41, 5.74) is 1.46. The molecule has 0 saturated heterocycles. The van der Waals surface area contributed by atoms with E-state index in [1.807, 2.05) is 30.3 Å². The van der Waals surface area contributed by atoms with Crippen molar-refractivity contribution in [2.24, 2.45) is 0 Å². The summed E-state index contributed by atoms with van der Waals surface area (Å²) < 4.78 is 0. The van der Waals surface area contributed by atoms with Crippen LogP contribution in [0.2, 0.25) is 0 Å². The van der Waals surface area contributed by atoms with Crippen LogP contribution in [0, 0.1) is 0 Å². The molecule has 2 rings (SSSR count). The summed E-state index contributed by atoms with van der Waals surface area (Å²) in [6.45, 7) is 0.0901. The van der Waals surface area contributed by atoms with Gasteiger partial charge in [-0.2, -0.15) is 0 Å². The maximum atomic E-state index is 11.8. The smallest absolute Gasteiger partial charge is 0.251 e. The molecule has 0 aliphatic rings. The molecule has 0 unspecified atom stereocenters. The molecule has 0 fully saturated rings. The summed E-state index contributed by atoms with van der Waals surface area (Å²) >= 11 is 0. The van der Waals surface area contributed by atoms with Gasteiger partial charge < -0.3 is 16.0 Å². The molecule has 3 amide bonds.